The SMILES string of the molecule is Cc1nn(CCCNC(=O)c2cc(-c3ccc(F)cc3)on2)cc1Br. The van der Waals surface area contributed by atoms with Gasteiger partial charge in [0.15, 0.2) is 11.5 Å². The largest absolute Gasteiger partial charge is 0.355 e. The molecule has 0 fully saturated rings. The molecule has 0 spiro atoms. The summed E-state index contributed by atoms with van der Waals surface area (Å²) < 4.78 is 20.9. The smallest absolute Gasteiger partial charge is 0.273 e. The Bertz CT molecular complexity index is 854. The van der Waals surface area contributed by atoms with Crippen molar-refractivity contribution < 1.29 is 13.7 Å². The molecule has 0 saturated carbocycles. The first-order valence-electron chi connectivity index (χ1n) is 7.73. The van der Waals surface area contributed by atoms with Crippen LogP contribution in [0.3, 0.4) is 0 Å². The lowest BCUT2D eigenvalue weighted by Gasteiger charge is -2.03. The summed E-state index contributed by atoms with van der Waals surface area (Å²) in [4.78, 5) is 12.1. The Kier molecular flexibility index (Phi) is 5.28. The number of rotatable bonds is 6. The fraction of sp³-hybridized carbons (Fsp3) is 0.235. The van der Waals surface area contributed by atoms with Crippen molar-refractivity contribution in [3.63, 3.8) is 0 Å². The molecule has 130 valence electrons. The molecule has 0 radical (unpaired) electrons. The zero-order valence-corrected chi connectivity index (χ0v) is 15.1. The van der Waals surface area contributed by atoms with E-state index in [1.54, 1.807) is 12.1 Å². The van der Waals surface area contributed by atoms with Crippen molar-refractivity contribution in [2.75, 3.05) is 6.54 Å². The van der Waals surface area contributed by atoms with Crippen LogP contribution in [0.2, 0.25) is 0 Å². The summed E-state index contributed by atoms with van der Waals surface area (Å²) in [7, 11) is 0. The van der Waals surface area contributed by atoms with E-state index in [4.69, 9.17) is 4.52 Å². The lowest BCUT2D eigenvalue weighted by molar-refractivity contribution is 0.0943. The number of benzene rings is 1. The Balaban J connectivity index is 1.51. The molecule has 3 rings (SSSR count). The third-order valence-corrected chi connectivity index (χ3v) is 4.39. The molecule has 2 heterocycles. The van der Waals surface area contributed by atoms with Crippen LogP contribution in [-0.2, 0) is 6.54 Å². The molecule has 1 aromatic carbocycles. The number of aromatic nitrogens is 3. The fourth-order valence-corrected chi connectivity index (χ4v) is 2.59. The van der Waals surface area contributed by atoms with Gasteiger partial charge in [-0.3, -0.25) is 9.48 Å². The van der Waals surface area contributed by atoms with E-state index < -0.39 is 0 Å². The van der Waals surface area contributed by atoms with E-state index in [2.05, 4.69) is 31.5 Å². The molecule has 8 heteroatoms. The van der Waals surface area contributed by atoms with Gasteiger partial charge in [-0.15, -0.1) is 0 Å². The number of nitrogens with zero attached hydrogens (tertiary/aromatic N) is 3. The molecule has 0 atom stereocenters. The Hall–Kier alpha value is -2.48. The maximum absolute atomic E-state index is 12.9. The van der Waals surface area contributed by atoms with Crippen LogP contribution >= 0.6 is 15.9 Å². The Morgan fingerprint density at radius 1 is 1.36 bits per heavy atom. The first-order valence-corrected chi connectivity index (χ1v) is 8.52. The third kappa shape index (κ3) is 4.33. The molecule has 0 bridgehead atoms. The van der Waals surface area contributed by atoms with E-state index in [1.807, 2.05) is 17.8 Å². The maximum atomic E-state index is 12.9. The number of carbonyl (C=O) groups excluding carboxylic acids is 1. The van der Waals surface area contributed by atoms with Crippen molar-refractivity contribution in [1.29, 1.82) is 0 Å². The zero-order valence-electron chi connectivity index (χ0n) is 13.5. The average Bonchev–Trinajstić information content (AvgIpc) is 3.20. The van der Waals surface area contributed by atoms with E-state index >= 15 is 0 Å². The molecule has 0 aliphatic rings. The minimum atomic E-state index is -0.333. The van der Waals surface area contributed by atoms with Gasteiger partial charge in [0.2, 0.25) is 0 Å². The molecular formula is C17H16BrFN4O2. The lowest BCUT2D eigenvalue weighted by Crippen LogP contribution is -2.25. The summed E-state index contributed by atoms with van der Waals surface area (Å²) in [6.07, 6.45) is 2.64. The molecule has 25 heavy (non-hydrogen) atoms. The molecule has 0 aliphatic heterocycles. The maximum Gasteiger partial charge on any atom is 0.273 e. The van der Waals surface area contributed by atoms with Gasteiger partial charge in [-0.1, -0.05) is 5.16 Å². The van der Waals surface area contributed by atoms with Crippen molar-refractivity contribution in [2.45, 2.75) is 19.9 Å². The number of hydrogen-bond donors (Lipinski definition) is 1. The van der Waals surface area contributed by atoms with Crippen LogP contribution in [0.1, 0.15) is 22.6 Å². The molecule has 0 saturated heterocycles. The molecule has 0 aliphatic carbocycles. The van der Waals surface area contributed by atoms with Gasteiger partial charge < -0.3 is 9.84 Å². The van der Waals surface area contributed by atoms with Gasteiger partial charge in [-0.25, -0.2) is 4.39 Å². The highest BCUT2D eigenvalue weighted by atomic mass is 79.9. The number of aryl methyl sites for hydroxylation is 2. The highest BCUT2D eigenvalue weighted by molar-refractivity contribution is 9.10. The summed E-state index contributed by atoms with van der Waals surface area (Å²) in [5.74, 6) is -0.224. The van der Waals surface area contributed by atoms with Gasteiger partial charge in [-0.2, -0.15) is 5.10 Å². The van der Waals surface area contributed by atoms with Crippen LogP contribution in [0.5, 0.6) is 0 Å². The fourth-order valence-electron chi connectivity index (χ4n) is 2.27. The highest BCUT2D eigenvalue weighted by Crippen LogP contribution is 2.20. The van der Waals surface area contributed by atoms with Crippen molar-refractivity contribution in [3.05, 3.63) is 58.2 Å². The molecular weight excluding hydrogens is 391 g/mol. The third-order valence-electron chi connectivity index (χ3n) is 3.61. The minimum Gasteiger partial charge on any atom is -0.355 e. The average molecular weight is 407 g/mol. The summed E-state index contributed by atoms with van der Waals surface area (Å²) in [6.45, 7) is 3.12. The standard InChI is InChI=1S/C17H16BrFN4O2/c1-11-14(18)10-23(21-11)8-2-7-20-17(24)15-9-16(25-22-15)12-3-5-13(19)6-4-12/h3-6,9-10H,2,7-8H2,1H3,(H,20,24). The van der Waals surface area contributed by atoms with Crippen molar-refractivity contribution >= 4 is 21.8 Å². The van der Waals surface area contributed by atoms with Gasteiger partial charge in [0.25, 0.3) is 5.91 Å². The Morgan fingerprint density at radius 3 is 2.80 bits per heavy atom. The highest BCUT2D eigenvalue weighted by Gasteiger charge is 2.13. The molecule has 3 aromatic rings. The van der Waals surface area contributed by atoms with Crippen LogP contribution in [-0.4, -0.2) is 27.4 Å². The monoisotopic (exact) mass is 406 g/mol. The van der Waals surface area contributed by atoms with Gasteiger partial charge >= 0.3 is 0 Å². The van der Waals surface area contributed by atoms with Crippen molar-refractivity contribution in [1.82, 2.24) is 20.3 Å². The van der Waals surface area contributed by atoms with Gasteiger partial charge in [-0.05, 0) is 53.5 Å². The Labute approximate surface area is 152 Å². The van der Waals surface area contributed by atoms with E-state index in [1.165, 1.54) is 18.2 Å². The first-order chi connectivity index (χ1) is 12.0. The van der Waals surface area contributed by atoms with Crippen LogP contribution in [0, 0.1) is 12.7 Å². The number of amides is 1. The van der Waals surface area contributed by atoms with Crippen molar-refractivity contribution in [2.24, 2.45) is 0 Å². The second kappa shape index (κ2) is 7.60. The first kappa shape index (κ1) is 17.3. The van der Waals surface area contributed by atoms with Gasteiger partial charge in [0.1, 0.15) is 5.82 Å². The number of hydrogen-bond acceptors (Lipinski definition) is 4. The molecule has 2 aromatic heterocycles. The quantitative estimate of drug-likeness (QED) is 0.635. The van der Waals surface area contributed by atoms with Crippen LogP contribution in [0.4, 0.5) is 4.39 Å². The van der Waals surface area contributed by atoms with E-state index in [0.29, 0.717) is 24.4 Å². The van der Waals surface area contributed by atoms with Gasteiger partial charge in [0, 0.05) is 30.9 Å². The summed E-state index contributed by atoms with van der Waals surface area (Å²) in [5, 5.41) is 10.9. The van der Waals surface area contributed by atoms with Crippen molar-refractivity contribution in [3.8, 4) is 11.3 Å². The summed E-state index contributed by atoms with van der Waals surface area (Å²) >= 11 is 3.41. The predicted molar refractivity (Wildman–Crippen MR) is 93.5 cm³/mol. The van der Waals surface area contributed by atoms with E-state index in [9.17, 15) is 9.18 Å². The second-order valence-electron chi connectivity index (χ2n) is 5.52. The number of nitrogens with one attached hydrogen (secondary N) is 1. The molecule has 1 amide bonds. The van der Waals surface area contributed by atoms with Gasteiger partial charge in [0.05, 0.1) is 10.2 Å². The minimum absolute atomic E-state index is 0.192. The van der Waals surface area contributed by atoms with Crippen LogP contribution in [0.15, 0.2) is 45.5 Å². The van der Waals surface area contributed by atoms with E-state index in [-0.39, 0.29) is 17.4 Å². The normalized spacial score (nSPS) is 10.8. The molecule has 1 N–H and O–H groups in total. The molecule has 0 unspecified atom stereocenters. The summed E-state index contributed by atoms with van der Waals surface area (Å²) in [5.41, 5.74) is 1.78. The second-order valence-corrected chi connectivity index (χ2v) is 6.37. The topological polar surface area (TPSA) is 73.0 Å². The lowest BCUT2D eigenvalue weighted by atomic mass is 10.1. The summed E-state index contributed by atoms with van der Waals surface area (Å²) in [6, 6.07) is 7.33. The Morgan fingerprint density at radius 2 is 2.12 bits per heavy atom. The van der Waals surface area contributed by atoms with E-state index in [0.717, 1.165) is 16.6 Å². The van der Waals surface area contributed by atoms with Crippen LogP contribution in [0.25, 0.3) is 11.3 Å². The number of halogens is 2. The van der Waals surface area contributed by atoms with Crippen LogP contribution < -0.4 is 5.32 Å². The predicted octanol–water partition coefficient (Wildman–Crippen LogP) is 3.57. The zero-order chi connectivity index (χ0) is 17.8. The molecule has 6 nitrogen and oxygen atoms in total. The number of carbonyl (C=O) groups is 1.